The first-order chi connectivity index (χ1) is 11.7. The van der Waals surface area contributed by atoms with Crippen LogP contribution in [0.4, 0.5) is 0 Å². The van der Waals surface area contributed by atoms with E-state index >= 15 is 0 Å². The minimum Gasteiger partial charge on any atom is -0.463 e. The molecule has 1 unspecified atom stereocenters. The van der Waals surface area contributed by atoms with Crippen molar-refractivity contribution < 1.29 is 9.53 Å². The van der Waals surface area contributed by atoms with Gasteiger partial charge in [0, 0.05) is 5.92 Å². The van der Waals surface area contributed by atoms with Gasteiger partial charge in [-0.3, -0.25) is 5.41 Å². The van der Waals surface area contributed by atoms with Gasteiger partial charge < -0.3 is 4.74 Å². The molecule has 4 nitrogen and oxygen atoms in total. The van der Waals surface area contributed by atoms with E-state index in [1.54, 1.807) is 6.92 Å². The maximum Gasteiger partial charge on any atom is 0.335 e. The molecule has 25 heavy (non-hydrogen) atoms. The minimum atomic E-state index is -0.674. The highest BCUT2D eigenvalue weighted by atomic mass is 32.2. The molecule has 132 valence electrons. The fraction of sp³-hybridized carbons (Fsp3) is 0.450. The fourth-order valence-corrected chi connectivity index (χ4v) is 4.42. The first kappa shape index (κ1) is 19.3. The lowest BCUT2D eigenvalue weighted by molar-refractivity contribution is -0.138. The third-order valence-electron chi connectivity index (χ3n) is 4.94. The summed E-state index contributed by atoms with van der Waals surface area (Å²) in [6, 6.07) is 4.38. The zero-order chi connectivity index (χ0) is 18.9. The van der Waals surface area contributed by atoms with E-state index in [-0.39, 0.29) is 17.6 Å². The van der Waals surface area contributed by atoms with Gasteiger partial charge >= 0.3 is 5.97 Å². The summed E-state index contributed by atoms with van der Waals surface area (Å²) in [4.78, 5) is 13.4. The van der Waals surface area contributed by atoms with Crippen LogP contribution in [0.15, 0.2) is 16.5 Å². The number of aryl methyl sites for hydroxylation is 2. The van der Waals surface area contributed by atoms with Gasteiger partial charge in [0.05, 0.1) is 23.3 Å². The van der Waals surface area contributed by atoms with Crippen LogP contribution in [0.2, 0.25) is 0 Å². The third kappa shape index (κ3) is 3.36. The van der Waals surface area contributed by atoms with Crippen LogP contribution >= 0.6 is 11.8 Å². The van der Waals surface area contributed by atoms with Crippen molar-refractivity contribution in [1.29, 1.82) is 10.7 Å². The molecule has 1 aromatic carbocycles. The van der Waals surface area contributed by atoms with Crippen LogP contribution in [0.25, 0.3) is 0 Å². The van der Waals surface area contributed by atoms with Crippen LogP contribution < -0.4 is 0 Å². The molecular formula is C20H24N2O2S. The van der Waals surface area contributed by atoms with Crippen LogP contribution in [0.3, 0.4) is 0 Å². The van der Waals surface area contributed by atoms with Crippen LogP contribution in [-0.2, 0) is 9.53 Å². The Morgan fingerprint density at radius 2 is 1.80 bits per heavy atom. The number of esters is 1. The Morgan fingerprint density at radius 3 is 2.28 bits per heavy atom. The highest BCUT2D eigenvalue weighted by Crippen LogP contribution is 2.47. The molecule has 0 amide bonds. The number of nitrogens with one attached hydrogen (secondary N) is 1. The van der Waals surface area contributed by atoms with Crippen LogP contribution in [0.5, 0.6) is 0 Å². The second kappa shape index (κ2) is 7.45. The lowest BCUT2D eigenvalue weighted by Gasteiger charge is -2.33. The predicted octanol–water partition coefficient (Wildman–Crippen LogP) is 4.70. The van der Waals surface area contributed by atoms with Crippen LogP contribution in [0, 0.1) is 50.4 Å². The molecule has 1 aromatic rings. The molecule has 0 saturated heterocycles. The molecule has 0 spiro atoms. The second-order valence-electron chi connectivity index (χ2n) is 6.42. The van der Waals surface area contributed by atoms with Gasteiger partial charge in [0.1, 0.15) is 5.92 Å². The Balaban J connectivity index is 2.81. The minimum absolute atomic E-state index is 0.284. The number of ether oxygens (including phenoxy) is 1. The third-order valence-corrected chi connectivity index (χ3v) is 5.94. The van der Waals surface area contributed by atoms with Crippen molar-refractivity contribution in [3.8, 4) is 6.07 Å². The Labute approximate surface area is 153 Å². The van der Waals surface area contributed by atoms with Crippen molar-refractivity contribution in [3.05, 3.63) is 44.4 Å². The summed E-state index contributed by atoms with van der Waals surface area (Å²) >= 11 is 1.19. The van der Waals surface area contributed by atoms with E-state index in [9.17, 15) is 10.1 Å². The second-order valence-corrected chi connectivity index (χ2v) is 7.67. The van der Waals surface area contributed by atoms with Gasteiger partial charge in [-0.05, 0) is 74.3 Å². The largest absolute Gasteiger partial charge is 0.463 e. The van der Waals surface area contributed by atoms with Gasteiger partial charge in [0.15, 0.2) is 0 Å². The van der Waals surface area contributed by atoms with E-state index in [1.807, 2.05) is 34.6 Å². The van der Waals surface area contributed by atoms with Gasteiger partial charge in [0.2, 0.25) is 0 Å². The van der Waals surface area contributed by atoms with E-state index in [4.69, 9.17) is 10.1 Å². The molecule has 0 radical (unpaired) electrons. The van der Waals surface area contributed by atoms with E-state index in [2.05, 4.69) is 12.1 Å². The summed E-state index contributed by atoms with van der Waals surface area (Å²) < 4.78 is 5.28. The molecule has 5 heteroatoms. The Morgan fingerprint density at radius 1 is 1.24 bits per heavy atom. The first-order valence-electron chi connectivity index (χ1n) is 8.35. The standard InChI is InChI=1S/C20H24N2O2S/c1-7-24-20(23)17-14(6)25-19(22)15(9-21)18(17)16-12(4)10(2)8-11(3)13(16)5/h8,15,18,22H,7H2,1-6H3/t15?,18-/m0/s1. The quantitative estimate of drug-likeness (QED) is 0.796. The normalized spacial score (nSPS) is 20.4. The number of rotatable bonds is 3. The average molecular weight is 356 g/mol. The summed E-state index contributed by atoms with van der Waals surface area (Å²) in [6.07, 6.45) is 0. The molecular weight excluding hydrogens is 332 g/mol. The van der Waals surface area contributed by atoms with Crippen molar-refractivity contribution in [2.24, 2.45) is 5.92 Å². The van der Waals surface area contributed by atoms with E-state index in [0.29, 0.717) is 5.57 Å². The number of thioether (sulfide) groups is 1. The SMILES string of the molecule is CCOC(=O)C1=C(C)SC(=N)C(C#N)[C@H]1c1c(C)c(C)cc(C)c1C. The van der Waals surface area contributed by atoms with Gasteiger partial charge in [-0.2, -0.15) is 5.26 Å². The number of hydrogen-bond acceptors (Lipinski definition) is 5. The zero-order valence-electron chi connectivity index (χ0n) is 15.6. The highest BCUT2D eigenvalue weighted by molar-refractivity contribution is 8.17. The van der Waals surface area contributed by atoms with Gasteiger partial charge in [-0.1, -0.05) is 17.8 Å². The number of nitrogens with zero attached hydrogens (tertiary/aromatic N) is 1. The predicted molar refractivity (Wildman–Crippen MR) is 102 cm³/mol. The summed E-state index contributed by atoms with van der Waals surface area (Å²) in [7, 11) is 0. The monoisotopic (exact) mass is 356 g/mol. The molecule has 0 aromatic heterocycles. The van der Waals surface area contributed by atoms with Crippen molar-refractivity contribution in [2.45, 2.75) is 47.5 Å². The summed E-state index contributed by atoms with van der Waals surface area (Å²) in [5, 5.41) is 18.3. The van der Waals surface area contributed by atoms with Crippen molar-refractivity contribution in [1.82, 2.24) is 0 Å². The Hall–Kier alpha value is -2.06. The molecule has 1 aliphatic heterocycles. The van der Waals surface area contributed by atoms with Crippen molar-refractivity contribution in [3.63, 3.8) is 0 Å². The highest BCUT2D eigenvalue weighted by Gasteiger charge is 2.41. The summed E-state index contributed by atoms with van der Waals surface area (Å²) in [5.41, 5.74) is 5.90. The van der Waals surface area contributed by atoms with Gasteiger partial charge in [0.25, 0.3) is 0 Å². The number of nitriles is 1. The Kier molecular flexibility index (Phi) is 5.74. The lowest BCUT2D eigenvalue weighted by atomic mass is 9.75. The molecule has 0 saturated carbocycles. The maximum atomic E-state index is 12.7. The molecule has 0 aliphatic carbocycles. The number of hydrogen-bond donors (Lipinski definition) is 1. The lowest BCUT2D eigenvalue weighted by Crippen LogP contribution is -2.30. The van der Waals surface area contributed by atoms with E-state index in [1.165, 1.54) is 11.8 Å². The molecule has 1 heterocycles. The number of allylic oxidation sites excluding steroid dienone is 1. The maximum absolute atomic E-state index is 12.7. The van der Waals surface area contributed by atoms with Crippen LogP contribution in [0.1, 0.15) is 47.6 Å². The molecule has 1 N–H and O–H groups in total. The molecule has 0 fully saturated rings. The smallest absolute Gasteiger partial charge is 0.335 e. The molecule has 2 rings (SSSR count). The van der Waals surface area contributed by atoms with Crippen molar-refractivity contribution in [2.75, 3.05) is 6.61 Å². The van der Waals surface area contributed by atoms with Crippen molar-refractivity contribution >= 4 is 22.8 Å². The molecule has 2 atom stereocenters. The zero-order valence-corrected chi connectivity index (χ0v) is 16.4. The number of benzene rings is 1. The summed E-state index contributed by atoms with van der Waals surface area (Å²) in [6.45, 7) is 12.0. The summed E-state index contributed by atoms with van der Waals surface area (Å²) in [5.74, 6) is -1.52. The number of carbonyl (C=O) groups excluding carboxylic acids is 1. The Bertz CT molecular complexity index is 792. The average Bonchev–Trinajstić information content (AvgIpc) is 2.53. The molecule has 0 bridgehead atoms. The van der Waals surface area contributed by atoms with E-state index in [0.717, 1.165) is 32.7 Å². The van der Waals surface area contributed by atoms with Crippen LogP contribution in [-0.4, -0.2) is 17.6 Å². The topological polar surface area (TPSA) is 73.9 Å². The number of carbonyl (C=O) groups is 1. The van der Waals surface area contributed by atoms with Gasteiger partial charge in [-0.25, -0.2) is 4.79 Å². The van der Waals surface area contributed by atoms with E-state index < -0.39 is 11.8 Å². The van der Waals surface area contributed by atoms with Gasteiger partial charge in [-0.15, -0.1) is 0 Å². The first-order valence-corrected chi connectivity index (χ1v) is 9.17. The fourth-order valence-electron chi connectivity index (χ4n) is 3.46. The molecule has 1 aliphatic rings.